The van der Waals surface area contributed by atoms with Crippen LogP contribution in [0.5, 0.6) is 0 Å². The van der Waals surface area contributed by atoms with Gasteiger partial charge in [-0.25, -0.2) is 0 Å². The summed E-state index contributed by atoms with van der Waals surface area (Å²) < 4.78 is 0. The van der Waals surface area contributed by atoms with Crippen LogP contribution >= 0.6 is 0 Å². The molecule has 0 saturated heterocycles. The van der Waals surface area contributed by atoms with Gasteiger partial charge in [-0.3, -0.25) is 0 Å². The second-order valence-corrected chi connectivity index (χ2v) is 2.80. The lowest BCUT2D eigenvalue weighted by Gasteiger charge is -1.98. The van der Waals surface area contributed by atoms with E-state index in [2.05, 4.69) is 49.4 Å². The topological polar surface area (TPSA) is 35.0 Å². The first-order valence-electron chi connectivity index (χ1n) is 3.82. The molecule has 62 valence electrons. The first kappa shape index (κ1) is 8.75. The summed E-state index contributed by atoms with van der Waals surface area (Å²) in [7, 11) is 0. The van der Waals surface area contributed by atoms with Gasteiger partial charge in [-0.05, 0) is 23.3 Å². The van der Waals surface area contributed by atoms with Crippen LogP contribution in [0.2, 0.25) is 0 Å². The number of hydrogen-bond acceptors (Lipinski definition) is 1. The number of benzene rings is 2. The Balaban J connectivity index is 0.000000720. The number of rotatable bonds is 0. The van der Waals surface area contributed by atoms with Gasteiger partial charge in [0.25, 0.3) is 0 Å². The van der Waals surface area contributed by atoms with Crippen molar-refractivity contribution in [2.75, 3.05) is 0 Å². The smallest absolute Gasteiger partial charge is 0.0155 e. The lowest BCUT2D eigenvalue weighted by atomic mass is 10.1. The third-order valence-corrected chi connectivity index (χ3v) is 2.01. The van der Waals surface area contributed by atoms with Gasteiger partial charge in [0.2, 0.25) is 0 Å². The summed E-state index contributed by atoms with van der Waals surface area (Å²) >= 11 is 0. The van der Waals surface area contributed by atoms with Crippen LogP contribution in [-0.2, 0) is 0 Å². The van der Waals surface area contributed by atoms with Gasteiger partial charge in [0, 0.05) is 0 Å². The van der Waals surface area contributed by atoms with E-state index in [0.717, 1.165) is 0 Å². The fourth-order valence-electron chi connectivity index (χ4n) is 1.39. The molecule has 12 heavy (non-hydrogen) atoms. The maximum atomic E-state index is 2.16. The summed E-state index contributed by atoms with van der Waals surface area (Å²) in [5.41, 5.74) is 1.35. The largest absolute Gasteiger partial charge is 0.344 e. The summed E-state index contributed by atoms with van der Waals surface area (Å²) in [6.45, 7) is 2.14. The van der Waals surface area contributed by atoms with Crippen LogP contribution in [-0.4, -0.2) is 0 Å². The van der Waals surface area contributed by atoms with Crippen LogP contribution < -0.4 is 6.15 Å². The fourth-order valence-corrected chi connectivity index (χ4v) is 1.39. The van der Waals surface area contributed by atoms with E-state index < -0.39 is 0 Å². The molecular formula is C11H13N. The minimum atomic E-state index is 0. The predicted octanol–water partition coefficient (Wildman–Crippen LogP) is 3.31. The Morgan fingerprint density at radius 2 is 1.50 bits per heavy atom. The van der Waals surface area contributed by atoms with Crippen molar-refractivity contribution in [1.82, 2.24) is 6.15 Å². The van der Waals surface area contributed by atoms with E-state index >= 15 is 0 Å². The van der Waals surface area contributed by atoms with Crippen molar-refractivity contribution in [1.29, 1.82) is 0 Å². The third kappa shape index (κ3) is 1.31. The normalized spacial score (nSPS) is 9.42. The van der Waals surface area contributed by atoms with Gasteiger partial charge < -0.3 is 6.15 Å². The van der Waals surface area contributed by atoms with Crippen molar-refractivity contribution in [2.24, 2.45) is 0 Å². The zero-order chi connectivity index (χ0) is 7.68. The van der Waals surface area contributed by atoms with E-state index in [0.29, 0.717) is 0 Å². The van der Waals surface area contributed by atoms with E-state index in [1.54, 1.807) is 0 Å². The lowest BCUT2D eigenvalue weighted by molar-refractivity contribution is 1.53. The SMILES string of the molecule is Cc1cccc2ccccc12.N. The standard InChI is InChI=1S/C11H10.H3N/c1-9-5-4-7-10-6-2-3-8-11(9)10;/h2-8H,1H3;1H3. The zero-order valence-electron chi connectivity index (χ0n) is 7.25. The number of hydrogen-bond donors (Lipinski definition) is 1. The van der Waals surface area contributed by atoms with Crippen molar-refractivity contribution < 1.29 is 0 Å². The highest BCUT2D eigenvalue weighted by Crippen LogP contribution is 2.16. The molecule has 0 bridgehead atoms. The summed E-state index contributed by atoms with van der Waals surface area (Å²) in [6.07, 6.45) is 0. The Labute approximate surface area is 72.6 Å². The predicted molar refractivity (Wildman–Crippen MR) is 53.7 cm³/mol. The molecule has 0 aliphatic rings. The maximum absolute atomic E-state index is 2.16. The molecule has 2 rings (SSSR count). The average molecular weight is 159 g/mol. The van der Waals surface area contributed by atoms with Crippen LogP contribution in [0.15, 0.2) is 42.5 Å². The van der Waals surface area contributed by atoms with E-state index in [4.69, 9.17) is 0 Å². The van der Waals surface area contributed by atoms with Gasteiger partial charge in [-0.1, -0.05) is 42.5 Å². The van der Waals surface area contributed by atoms with Crippen molar-refractivity contribution >= 4 is 10.8 Å². The van der Waals surface area contributed by atoms with Crippen molar-refractivity contribution in [3.8, 4) is 0 Å². The van der Waals surface area contributed by atoms with E-state index in [9.17, 15) is 0 Å². The lowest BCUT2D eigenvalue weighted by Crippen LogP contribution is -1.75. The van der Waals surface area contributed by atoms with Gasteiger partial charge in [0.15, 0.2) is 0 Å². The summed E-state index contributed by atoms with van der Waals surface area (Å²) in [4.78, 5) is 0. The molecule has 0 radical (unpaired) electrons. The van der Waals surface area contributed by atoms with E-state index in [-0.39, 0.29) is 6.15 Å². The highest BCUT2D eigenvalue weighted by atomic mass is 14.0. The first-order chi connectivity index (χ1) is 5.38. The second kappa shape index (κ2) is 3.37. The Bertz CT molecular complexity index is 374. The molecule has 0 atom stereocenters. The van der Waals surface area contributed by atoms with Gasteiger partial charge in [0.1, 0.15) is 0 Å². The van der Waals surface area contributed by atoms with Gasteiger partial charge >= 0.3 is 0 Å². The molecule has 0 spiro atoms. The second-order valence-electron chi connectivity index (χ2n) is 2.80. The van der Waals surface area contributed by atoms with Crippen LogP contribution in [0.25, 0.3) is 10.8 Å². The van der Waals surface area contributed by atoms with Gasteiger partial charge in [-0.15, -0.1) is 0 Å². The molecule has 0 aliphatic carbocycles. The Morgan fingerprint density at radius 1 is 0.833 bits per heavy atom. The van der Waals surface area contributed by atoms with Crippen LogP contribution in [0.1, 0.15) is 5.56 Å². The van der Waals surface area contributed by atoms with Crippen molar-refractivity contribution in [2.45, 2.75) is 6.92 Å². The molecule has 2 aromatic rings. The highest BCUT2D eigenvalue weighted by molar-refractivity contribution is 5.85. The molecule has 0 saturated carbocycles. The van der Waals surface area contributed by atoms with Crippen LogP contribution in [0.3, 0.4) is 0 Å². The Morgan fingerprint density at radius 3 is 2.25 bits per heavy atom. The van der Waals surface area contributed by atoms with E-state index in [1.807, 2.05) is 0 Å². The monoisotopic (exact) mass is 159 g/mol. The third-order valence-electron chi connectivity index (χ3n) is 2.01. The fraction of sp³-hybridized carbons (Fsp3) is 0.0909. The van der Waals surface area contributed by atoms with Crippen LogP contribution in [0.4, 0.5) is 0 Å². The molecule has 2 aromatic carbocycles. The summed E-state index contributed by atoms with van der Waals surface area (Å²) in [5.74, 6) is 0. The average Bonchev–Trinajstić information content (AvgIpc) is 2.06. The van der Waals surface area contributed by atoms with Gasteiger partial charge in [-0.2, -0.15) is 0 Å². The van der Waals surface area contributed by atoms with Crippen LogP contribution in [0, 0.1) is 6.92 Å². The van der Waals surface area contributed by atoms with E-state index in [1.165, 1.54) is 16.3 Å². The quantitative estimate of drug-likeness (QED) is 0.628. The molecule has 0 amide bonds. The molecule has 0 aromatic heterocycles. The molecular weight excluding hydrogens is 146 g/mol. The number of fused-ring (bicyclic) bond motifs is 1. The Hall–Kier alpha value is -1.34. The number of aryl methyl sites for hydroxylation is 1. The Kier molecular flexibility index (Phi) is 2.46. The molecule has 3 N–H and O–H groups in total. The molecule has 0 heterocycles. The zero-order valence-corrected chi connectivity index (χ0v) is 7.25. The summed E-state index contributed by atoms with van der Waals surface area (Å²) in [6, 6.07) is 14.8. The highest BCUT2D eigenvalue weighted by Gasteiger charge is 1.91. The van der Waals surface area contributed by atoms with Crippen molar-refractivity contribution in [3.63, 3.8) is 0 Å². The molecule has 0 aliphatic heterocycles. The molecule has 1 heteroatoms. The van der Waals surface area contributed by atoms with Crippen molar-refractivity contribution in [3.05, 3.63) is 48.0 Å². The summed E-state index contributed by atoms with van der Waals surface area (Å²) in [5, 5.41) is 2.68. The molecule has 1 nitrogen and oxygen atoms in total. The molecule has 0 fully saturated rings. The first-order valence-corrected chi connectivity index (χ1v) is 3.82. The van der Waals surface area contributed by atoms with Gasteiger partial charge in [0.05, 0.1) is 0 Å². The maximum Gasteiger partial charge on any atom is -0.0155 e. The molecule has 0 unspecified atom stereocenters. The minimum absolute atomic E-state index is 0. The minimum Gasteiger partial charge on any atom is -0.344 e.